The third kappa shape index (κ3) is 4.94. The summed E-state index contributed by atoms with van der Waals surface area (Å²) in [5.74, 6) is -0.704. The number of benzene rings is 3. The van der Waals surface area contributed by atoms with E-state index in [9.17, 15) is 23.3 Å². The maximum atomic E-state index is 12.6. The number of hydrogen-bond donors (Lipinski definition) is 2. The minimum Gasteiger partial charge on any atom is -0.348 e. The lowest BCUT2D eigenvalue weighted by atomic mass is 10.1. The van der Waals surface area contributed by atoms with Crippen LogP contribution >= 0.6 is 11.6 Å². The van der Waals surface area contributed by atoms with Crippen molar-refractivity contribution >= 4 is 38.9 Å². The van der Waals surface area contributed by atoms with Crippen LogP contribution in [0.1, 0.15) is 15.9 Å². The van der Waals surface area contributed by atoms with Gasteiger partial charge in [-0.25, -0.2) is 8.42 Å². The lowest BCUT2D eigenvalue weighted by Crippen LogP contribution is -2.24. The Labute approximate surface area is 177 Å². The van der Waals surface area contributed by atoms with Crippen LogP contribution in [0.25, 0.3) is 0 Å². The summed E-state index contributed by atoms with van der Waals surface area (Å²) in [5.41, 5.74) is 0.196. The van der Waals surface area contributed by atoms with Crippen molar-refractivity contribution < 1.29 is 18.1 Å². The molecule has 0 aliphatic rings. The van der Waals surface area contributed by atoms with Crippen molar-refractivity contribution in [2.24, 2.45) is 0 Å². The SMILES string of the molecule is O=C(NCc1ccccc1NS(=O)(=O)c1ccccc1)c1cc(Cl)ccc1[N+](=O)[O-]. The molecule has 0 atom stereocenters. The molecule has 0 aromatic heterocycles. The van der Waals surface area contributed by atoms with E-state index in [1.54, 1.807) is 42.5 Å². The molecule has 8 nitrogen and oxygen atoms in total. The summed E-state index contributed by atoms with van der Waals surface area (Å²) in [6, 6.07) is 18.1. The number of para-hydroxylation sites is 1. The number of amides is 1. The summed E-state index contributed by atoms with van der Waals surface area (Å²) >= 11 is 5.86. The number of nitrogens with one attached hydrogen (secondary N) is 2. The summed E-state index contributed by atoms with van der Waals surface area (Å²) in [7, 11) is -3.82. The Bertz CT molecular complexity index is 1200. The molecule has 0 heterocycles. The number of carbonyl (C=O) groups excluding carboxylic acids is 1. The van der Waals surface area contributed by atoms with Crippen molar-refractivity contribution in [2.45, 2.75) is 11.4 Å². The van der Waals surface area contributed by atoms with Gasteiger partial charge in [0, 0.05) is 17.6 Å². The van der Waals surface area contributed by atoms with Gasteiger partial charge in [-0.15, -0.1) is 0 Å². The van der Waals surface area contributed by atoms with Gasteiger partial charge in [0.2, 0.25) is 0 Å². The quantitative estimate of drug-likeness (QED) is 0.421. The number of carbonyl (C=O) groups is 1. The topological polar surface area (TPSA) is 118 Å². The van der Waals surface area contributed by atoms with Crippen LogP contribution in [0.3, 0.4) is 0 Å². The molecule has 0 saturated heterocycles. The molecule has 0 radical (unpaired) electrons. The Morgan fingerprint density at radius 1 is 1.00 bits per heavy atom. The zero-order chi connectivity index (χ0) is 21.7. The number of nitro benzene ring substituents is 1. The van der Waals surface area contributed by atoms with Crippen LogP contribution in [0.5, 0.6) is 0 Å². The van der Waals surface area contributed by atoms with Crippen molar-refractivity contribution in [2.75, 3.05) is 4.72 Å². The highest BCUT2D eigenvalue weighted by Crippen LogP contribution is 2.24. The Hall–Kier alpha value is -3.43. The van der Waals surface area contributed by atoms with Crippen LogP contribution in [0, 0.1) is 10.1 Å². The summed E-state index contributed by atoms with van der Waals surface area (Å²) in [6.45, 7) is -0.0595. The van der Waals surface area contributed by atoms with E-state index in [1.165, 1.54) is 24.3 Å². The molecule has 3 aromatic carbocycles. The molecule has 10 heteroatoms. The highest BCUT2D eigenvalue weighted by molar-refractivity contribution is 7.92. The summed E-state index contributed by atoms with van der Waals surface area (Å²) in [5, 5.41) is 13.9. The van der Waals surface area contributed by atoms with Gasteiger partial charge in [-0.05, 0) is 35.9 Å². The minimum atomic E-state index is -3.82. The average Bonchev–Trinajstić information content (AvgIpc) is 2.73. The van der Waals surface area contributed by atoms with Gasteiger partial charge in [-0.1, -0.05) is 48.0 Å². The molecule has 0 saturated carbocycles. The molecule has 3 rings (SSSR count). The molecule has 0 aliphatic heterocycles. The van der Waals surface area contributed by atoms with Crippen molar-refractivity contribution in [1.29, 1.82) is 0 Å². The Kier molecular flexibility index (Phi) is 6.34. The molecular weight excluding hydrogens is 430 g/mol. The van der Waals surface area contributed by atoms with Gasteiger partial charge >= 0.3 is 0 Å². The van der Waals surface area contributed by atoms with E-state index in [-0.39, 0.29) is 33.4 Å². The normalized spacial score (nSPS) is 11.0. The van der Waals surface area contributed by atoms with Crippen molar-refractivity contribution in [3.8, 4) is 0 Å². The molecule has 0 spiro atoms. The van der Waals surface area contributed by atoms with Crippen LogP contribution in [-0.4, -0.2) is 19.2 Å². The van der Waals surface area contributed by atoms with Gasteiger partial charge in [0.1, 0.15) is 5.56 Å². The average molecular weight is 446 g/mol. The number of anilines is 1. The van der Waals surface area contributed by atoms with Crippen LogP contribution in [0.15, 0.2) is 77.7 Å². The van der Waals surface area contributed by atoms with Crippen LogP contribution < -0.4 is 10.0 Å². The lowest BCUT2D eigenvalue weighted by Gasteiger charge is -2.13. The first-order valence-corrected chi connectivity index (χ1v) is 10.5. The second-order valence-electron chi connectivity index (χ2n) is 6.18. The Morgan fingerprint density at radius 3 is 2.37 bits per heavy atom. The molecule has 0 bridgehead atoms. The van der Waals surface area contributed by atoms with Gasteiger partial charge in [-0.2, -0.15) is 0 Å². The number of halogens is 1. The molecule has 0 aliphatic carbocycles. The van der Waals surface area contributed by atoms with E-state index in [0.717, 1.165) is 6.07 Å². The standard InChI is InChI=1S/C20H16ClN3O5S/c21-15-10-11-19(24(26)27)17(12-15)20(25)22-13-14-6-4-5-9-18(14)23-30(28,29)16-7-2-1-3-8-16/h1-12,23H,13H2,(H,22,25). The van der Waals surface area contributed by atoms with E-state index in [2.05, 4.69) is 10.0 Å². The van der Waals surface area contributed by atoms with Crippen LogP contribution in [0.4, 0.5) is 11.4 Å². The fourth-order valence-corrected chi connectivity index (χ4v) is 3.99. The maximum absolute atomic E-state index is 12.6. The molecular formula is C20H16ClN3O5S. The fourth-order valence-electron chi connectivity index (χ4n) is 2.70. The first-order chi connectivity index (χ1) is 14.3. The lowest BCUT2D eigenvalue weighted by molar-refractivity contribution is -0.385. The van der Waals surface area contributed by atoms with Crippen molar-refractivity contribution in [3.05, 3.63) is 99.1 Å². The van der Waals surface area contributed by atoms with Crippen molar-refractivity contribution in [3.63, 3.8) is 0 Å². The van der Waals surface area contributed by atoms with E-state index < -0.39 is 20.9 Å². The first-order valence-electron chi connectivity index (χ1n) is 8.66. The maximum Gasteiger partial charge on any atom is 0.282 e. The number of sulfonamides is 1. The summed E-state index contributed by atoms with van der Waals surface area (Å²) in [4.78, 5) is 23.1. The second-order valence-corrected chi connectivity index (χ2v) is 8.30. The number of nitrogens with zero attached hydrogens (tertiary/aromatic N) is 1. The highest BCUT2D eigenvalue weighted by atomic mass is 35.5. The van der Waals surface area contributed by atoms with Crippen LogP contribution in [0.2, 0.25) is 5.02 Å². The Balaban J connectivity index is 1.80. The summed E-state index contributed by atoms with van der Waals surface area (Å²) in [6.07, 6.45) is 0. The van der Waals surface area contributed by atoms with E-state index in [4.69, 9.17) is 11.6 Å². The number of rotatable bonds is 7. The molecule has 0 fully saturated rings. The van der Waals surface area contributed by atoms with E-state index >= 15 is 0 Å². The van der Waals surface area contributed by atoms with Gasteiger partial charge in [0.15, 0.2) is 0 Å². The van der Waals surface area contributed by atoms with Gasteiger partial charge in [0.25, 0.3) is 21.6 Å². The molecule has 154 valence electrons. The molecule has 3 aromatic rings. The monoisotopic (exact) mass is 445 g/mol. The zero-order valence-corrected chi connectivity index (χ0v) is 17.0. The van der Waals surface area contributed by atoms with Gasteiger partial charge in [0.05, 0.1) is 15.5 Å². The van der Waals surface area contributed by atoms with E-state index in [0.29, 0.717) is 5.56 Å². The predicted octanol–water partition coefficient (Wildman–Crippen LogP) is 3.98. The molecule has 0 unspecified atom stereocenters. The van der Waals surface area contributed by atoms with Crippen molar-refractivity contribution in [1.82, 2.24) is 5.32 Å². The molecule has 1 amide bonds. The highest BCUT2D eigenvalue weighted by Gasteiger charge is 2.21. The smallest absolute Gasteiger partial charge is 0.282 e. The minimum absolute atomic E-state index is 0.0595. The third-order valence-corrected chi connectivity index (χ3v) is 5.77. The first kappa shape index (κ1) is 21.3. The summed E-state index contributed by atoms with van der Waals surface area (Å²) < 4.78 is 27.7. The fraction of sp³-hybridized carbons (Fsp3) is 0.0500. The van der Waals surface area contributed by atoms with E-state index in [1.807, 2.05) is 0 Å². The Morgan fingerprint density at radius 2 is 1.67 bits per heavy atom. The van der Waals surface area contributed by atoms with Gasteiger partial charge < -0.3 is 5.32 Å². The number of nitro groups is 1. The molecule has 2 N–H and O–H groups in total. The second kappa shape index (κ2) is 8.93. The van der Waals surface area contributed by atoms with Gasteiger partial charge in [-0.3, -0.25) is 19.6 Å². The third-order valence-electron chi connectivity index (χ3n) is 4.15. The zero-order valence-electron chi connectivity index (χ0n) is 15.4. The predicted molar refractivity (Wildman–Crippen MR) is 113 cm³/mol. The molecule has 30 heavy (non-hydrogen) atoms. The largest absolute Gasteiger partial charge is 0.348 e. The number of hydrogen-bond acceptors (Lipinski definition) is 5. The van der Waals surface area contributed by atoms with Crippen LogP contribution in [-0.2, 0) is 16.6 Å².